The lowest BCUT2D eigenvalue weighted by molar-refractivity contribution is 0.287. The SMILES string of the molecule is CCOc1ccc([C@@H](C)NS(=O)(=O)Cc2ccc(F)cc2)cc1OCC. The second-order valence-corrected chi connectivity index (χ2v) is 7.55. The van der Waals surface area contributed by atoms with Gasteiger partial charge in [0.1, 0.15) is 5.82 Å². The van der Waals surface area contributed by atoms with Gasteiger partial charge in [0.15, 0.2) is 11.5 Å². The molecular formula is C19H24FNO4S. The molecule has 0 saturated heterocycles. The lowest BCUT2D eigenvalue weighted by Crippen LogP contribution is -2.28. The van der Waals surface area contributed by atoms with Gasteiger partial charge in [-0.25, -0.2) is 17.5 Å². The Hall–Kier alpha value is -2.12. The summed E-state index contributed by atoms with van der Waals surface area (Å²) in [5.41, 5.74) is 1.28. The quantitative estimate of drug-likeness (QED) is 0.717. The van der Waals surface area contributed by atoms with Gasteiger partial charge in [-0.15, -0.1) is 0 Å². The summed E-state index contributed by atoms with van der Waals surface area (Å²) in [7, 11) is -3.58. The minimum Gasteiger partial charge on any atom is -0.490 e. The lowest BCUT2D eigenvalue weighted by Gasteiger charge is -2.17. The van der Waals surface area contributed by atoms with Crippen LogP contribution in [0.4, 0.5) is 4.39 Å². The van der Waals surface area contributed by atoms with Crippen LogP contribution in [0.1, 0.15) is 37.9 Å². The van der Waals surface area contributed by atoms with Gasteiger partial charge in [0, 0.05) is 6.04 Å². The van der Waals surface area contributed by atoms with Crippen molar-refractivity contribution in [2.24, 2.45) is 0 Å². The monoisotopic (exact) mass is 381 g/mol. The molecule has 26 heavy (non-hydrogen) atoms. The second-order valence-electron chi connectivity index (χ2n) is 5.80. The predicted molar refractivity (Wildman–Crippen MR) is 99.4 cm³/mol. The van der Waals surface area contributed by atoms with Crippen LogP contribution < -0.4 is 14.2 Å². The molecule has 0 radical (unpaired) electrons. The minimum absolute atomic E-state index is 0.215. The summed E-state index contributed by atoms with van der Waals surface area (Å²) < 4.78 is 51.5. The van der Waals surface area contributed by atoms with Crippen LogP contribution >= 0.6 is 0 Å². The third-order valence-corrected chi connectivity index (χ3v) is 5.12. The molecular weight excluding hydrogens is 357 g/mol. The average Bonchev–Trinajstić information content (AvgIpc) is 2.58. The van der Waals surface area contributed by atoms with Crippen molar-refractivity contribution in [2.45, 2.75) is 32.6 Å². The van der Waals surface area contributed by atoms with Crippen LogP contribution in [0.2, 0.25) is 0 Å². The Labute approximate surface area is 154 Å². The minimum atomic E-state index is -3.58. The van der Waals surface area contributed by atoms with Gasteiger partial charge in [-0.2, -0.15) is 0 Å². The molecule has 0 aliphatic heterocycles. The second kappa shape index (κ2) is 9.00. The van der Waals surface area contributed by atoms with Crippen molar-refractivity contribution < 1.29 is 22.3 Å². The molecule has 0 fully saturated rings. The number of rotatable bonds is 9. The molecule has 1 atom stereocenters. The van der Waals surface area contributed by atoms with Crippen LogP contribution in [0, 0.1) is 5.82 Å². The number of nitrogens with one attached hydrogen (secondary N) is 1. The van der Waals surface area contributed by atoms with Crippen molar-refractivity contribution in [1.82, 2.24) is 4.72 Å². The Balaban J connectivity index is 2.13. The fourth-order valence-corrected chi connectivity index (χ4v) is 3.91. The van der Waals surface area contributed by atoms with Gasteiger partial charge in [0.2, 0.25) is 10.0 Å². The van der Waals surface area contributed by atoms with E-state index < -0.39 is 21.9 Å². The van der Waals surface area contributed by atoms with Gasteiger partial charge in [0.25, 0.3) is 0 Å². The summed E-state index contributed by atoms with van der Waals surface area (Å²) >= 11 is 0. The fourth-order valence-electron chi connectivity index (χ4n) is 2.52. The number of hydrogen-bond donors (Lipinski definition) is 1. The van der Waals surface area contributed by atoms with Crippen molar-refractivity contribution in [3.05, 3.63) is 59.4 Å². The maximum Gasteiger partial charge on any atom is 0.216 e. The van der Waals surface area contributed by atoms with E-state index in [2.05, 4.69) is 4.72 Å². The van der Waals surface area contributed by atoms with Crippen LogP contribution in [0.3, 0.4) is 0 Å². The van der Waals surface area contributed by atoms with E-state index in [1.165, 1.54) is 24.3 Å². The molecule has 2 aromatic carbocycles. The van der Waals surface area contributed by atoms with E-state index in [1.54, 1.807) is 25.1 Å². The highest BCUT2D eigenvalue weighted by Gasteiger charge is 2.18. The van der Waals surface area contributed by atoms with Crippen LogP contribution in [-0.2, 0) is 15.8 Å². The van der Waals surface area contributed by atoms with Gasteiger partial charge >= 0.3 is 0 Å². The Morgan fingerprint density at radius 3 is 2.23 bits per heavy atom. The lowest BCUT2D eigenvalue weighted by atomic mass is 10.1. The summed E-state index contributed by atoms with van der Waals surface area (Å²) in [4.78, 5) is 0. The largest absolute Gasteiger partial charge is 0.490 e. The molecule has 0 amide bonds. The van der Waals surface area contributed by atoms with Crippen LogP contribution in [-0.4, -0.2) is 21.6 Å². The van der Waals surface area contributed by atoms with Crippen molar-refractivity contribution in [3.8, 4) is 11.5 Å². The van der Waals surface area contributed by atoms with E-state index in [9.17, 15) is 12.8 Å². The number of hydrogen-bond acceptors (Lipinski definition) is 4. The Morgan fingerprint density at radius 1 is 1.00 bits per heavy atom. The number of sulfonamides is 1. The van der Waals surface area contributed by atoms with E-state index >= 15 is 0 Å². The predicted octanol–water partition coefficient (Wildman–Crippen LogP) is 3.80. The summed E-state index contributed by atoms with van der Waals surface area (Å²) in [5.74, 6) is 0.591. The highest BCUT2D eigenvalue weighted by atomic mass is 32.2. The first-order valence-corrected chi connectivity index (χ1v) is 10.1. The first kappa shape index (κ1) is 20.2. The van der Waals surface area contributed by atoms with Gasteiger partial charge in [0.05, 0.1) is 19.0 Å². The normalized spacial score (nSPS) is 12.6. The van der Waals surface area contributed by atoms with Crippen molar-refractivity contribution in [3.63, 3.8) is 0 Å². The van der Waals surface area contributed by atoms with Crippen molar-refractivity contribution in [1.29, 1.82) is 0 Å². The Bertz CT molecular complexity index is 822. The number of ether oxygens (including phenoxy) is 2. The molecule has 0 aromatic heterocycles. The zero-order valence-electron chi connectivity index (χ0n) is 15.2. The topological polar surface area (TPSA) is 64.6 Å². The third-order valence-electron chi connectivity index (χ3n) is 3.69. The first-order valence-electron chi connectivity index (χ1n) is 8.48. The Kier molecular flexibility index (Phi) is 6.99. The molecule has 0 aliphatic carbocycles. The van der Waals surface area contributed by atoms with Crippen molar-refractivity contribution in [2.75, 3.05) is 13.2 Å². The van der Waals surface area contributed by atoms with E-state index in [-0.39, 0.29) is 5.75 Å². The molecule has 0 unspecified atom stereocenters. The molecule has 0 heterocycles. The molecule has 1 N–H and O–H groups in total. The maximum absolute atomic E-state index is 13.0. The summed E-state index contributed by atoms with van der Waals surface area (Å²) in [6.07, 6.45) is 0. The molecule has 7 heteroatoms. The zero-order chi connectivity index (χ0) is 19.2. The Morgan fingerprint density at radius 2 is 1.62 bits per heavy atom. The molecule has 142 valence electrons. The van der Waals surface area contributed by atoms with E-state index in [4.69, 9.17) is 9.47 Å². The van der Waals surface area contributed by atoms with Gasteiger partial charge in [-0.05, 0) is 56.2 Å². The molecule has 2 rings (SSSR count). The summed E-state index contributed by atoms with van der Waals surface area (Å²) in [6.45, 7) is 6.51. The number of halogens is 1. The summed E-state index contributed by atoms with van der Waals surface area (Å²) in [6, 6.07) is 10.3. The molecule has 2 aromatic rings. The van der Waals surface area contributed by atoms with Crippen LogP contribution in [0.5, 0.6) is 11.5 Å². The van der Waals surface area contributed by atoms with E-state index in [0.717, 1.165) is 5.56 Å². The fraction of sp³-hybridized carbons (Fsp3) is 0.368. The van der Waals surface area contributed by atoms with Crippen LogP contribution in [0.25, 0.3) is 0 Å². The molecule has 0 bridgehead atoms. The third kappa shape index (κ3) is 5.71. The van der Waals surface area contributed by atoms with Gasteiger partial charge < -0.3 is 9.47 Å². The first-order chi connectivity index (χ1) is 12.3. The molecule has 0 spiro atoms. The smallest absolute Gasteiger partial charge is 0.216 e. The van der Waals surface area contributed by atoms with E-state index in [1.807, 2.05) is 13.8 Å². The molecule has 5 nitrogen and oxygen atoms in total. The maximum atomic E-state index is 13.0. The van der Waals surface area contributed by atoms with E-state index in [0.29, 0.717) is 30.3 Å². The highest BCUT2D eigenvalue weighted by Crippen LogP contribution is 2.31. The molecule has 0 aliphatic rings. The zero-order valence-corrected chi connectivity index (χ0v) is 16.0. The average molecular weight is 381 g/mol. The number of benzene rings is 2. The molecule has 0 saturated carbocycles. The van der Waals surface area contributed by atoms with Gasteiger partial charge in [-0.3, -0.25) is 0 Å². The standard InChI is InChI=1S/C19H24FNO4S/c1-4-24-18-11-8-16(12-19(18)25-5-2)14(3)21-26(22,23)13-15-6-9-17(20)10-7-15/h6-12,14,21H,4-5,13H2,1-3H3/t14-/m1/s1. The van der Waals surface area contributed by atoms with Crippen LogP contribution in [0.15, 0.2) is 42.5 Å². The highest BCUT2D eigenvalue weighted by molar-refractivity contribution is 7.88. The summed E-state index contributed by atoms with van der Waals surface area (Å²) in [5, 5.41) is 0. The van der Waals surface area contributed by atoms with Crippen molar-refractivity contribution >= 4 is 10.0 Å². The van der Waals surface area contributed by atoms with Gasteiger partial charge in [-0.1, -0.05) is 18.2 Å².